The summed E-state index contributed by atoms with van der Waals surface area (Å²) in [5.41, 5.74) is 15.5. The number of aliphatic hydroxyl groups is 1. The molecule has 2 aliphatic heterocycles. The highest BCUT2D eigenvalue weighted by Crippen LogP contribution is 2.37. The Morgan fingerprint density at radius 3 is 2.64 bits per heavy atom. The number of amides is 2. The lowest BCUT2D eigenvalue weighted by Gasteiger charge is -2.50. The van der Waals surface area contributed by atoms with Crippen molar-refractivity contribution in [2.75, 3.05) is 18.8 Å². The minimum atomic E-state index is -5.04. The van der Waals surface area contributed by atoms with Crippen LogP contribution in [0.25, 0.3) is 11.1 Å². The van der Waals surface area contributed by atoms with Crippen molar-refractivity contribution in [2.24, 2.45) is 16.6 Å². The summed E-state index contributed by atoms with van der Waals surface area (Å²) >= 11 is 0.960. The highest BCUT2D eigenvalue weighted by atomic mass is 32.3. The van der Waals surface area contributed by atoms with E-state index in [0.717, 1.165) is 34.4 Å². The SMILES string of the molecule is CC1(C)[C@H](NC(=O)/C(=N\O[C@](C)(C(=O)O)[C@H]2CCc3cc(-c4cn(C[C@@H](O)CN)[n+](CCCN)c4)ccc3O2)c2csc(N)n2)C(=O)N1OS(=O)(=O)O. The number of hydrogen-bond acceptors (Lipinski definition) is 15. The normalized spacial score (nSPS) is 20.1. The number of carbonyl (C=O) groups is 3. The van der Waals surface area contributed by atoms with Gasteiger partial charge in [0, 0.05) is 18.3 Å². The molecule has 1 saturated heterocycles. The summed E-state index contributed by atoms with van der Waals surface area (Å²) < 4.78 is 45.8. The zero-order valence-electron chi connectivity index (χ0n) is 29.0. The fourth-order valence-corrected chi connectivity index (χ4v) is 6.90. The largest absolute Gasteiger partial charge is 0.485 e. The molecule has 0 aliphatic carbocycles. The molecule has 2 aromatic heterocycles. The molecule has 1 aromatic carbocycles. The van der Waals surface area contributed by atoms with E-state index < -0.39 is 63.3 Å². The molecule has 20 nitrogen and oxygen atoms in total. The van der Waals surface area contributed by atoms with Gasteiger partial charge in [-0.05, 0) is 63.4 Å². The van der Waals surface area contributed by atoms with Gasteiger partial charge in [-0.1, -0.05) is 11.2 Å². The molecule has 0 saturated carbocycles. The Morgan fingerprint density at radius 2 is 2.04 bits per heavy atom. The van der Waals surface area contributed by atoms with Gasteiger partial charge in [-0.15, -0.1) is 20.3 Å². The number of aliphatic hydroxyl groups excluding tert-OH is 1. The van der Waals surface area contributed by atoms with E-state index in [1.165, 1.54) is 26.2 Å². The summed E-state index contributed by atoms with van der Waals surface area (Å²) in [6.07, 6.45) is 3.38. The summed E-state index contributed by atoms with van der Waals surface area (Å²) in [7, 11) is -5.04. The molecule has 53 heavy (non-hydrogen) atoms. The molecule has 4 heterocycles. The summed E-state index contributed by atoms with van der Waals surface area (Å²) in [6.45, 7) is 5.52. The van der Waals surface area contributed by atoms with Gasteiger partial charge in [0.1, 0.15) is 24.0 Å². The Balaban J connectivity index is 1.36. The number of carboxylic acid groups (broad SMARTS) is 1. The second kappa shape index (κ2) is 15.3. The third-order valence-electron chi connectivity index (χ3n) is 8.97. The number of ether oxygens (including phenoxy) is 1. The number of carbonyl (C=O) groups excluding carboxylic acids is 2. The first kappa shape index (κ1) is 39.5. The predicted octanol–water partition coefficient (Wildman–Crippen LogP) is -1.05. The maximum atomic E-state index is 13.5. The topological polar surface area (TPSA) is 301 Å². The minimum Gasteiger partial charge on any atom is -0.485 e. The molecule has 2 aliphatic rings. The molecule has 0 bridgehead atoms. The van der Waals surface area contributed by atoms with Crippen LogP contribution in [0.5, 0.6) is 5.75 Å². The van der Waals surface area contributed by atoms with Gasteiger partial charge in [0.25, 0.3) is 17.4 Å². The van der Waals surface area contributed by atoms with E-state index in [1.54, 1.807) is 6.07 Å². The second-order valence-corrected chi connectivity index (χ2v) is 15.1. The maximum absolute atomic E-state index is 13.5. The molecule has 2 amide bonds. The van der Waals surface area contributed by atoms with Gasteiger partial charge < -0.3 is 42.3 Å². The Morgan fingerprint density at radius 1 is 1.30 bits per heavy atom. The lowest BCUT2D eigenvalue weighted by atomic mass is 9.84. The number of carboxylic acids is 1. The zero-order chi connectivity index (χ0) is 38.9. The third kappa shape index (κ3) is 8.43. The molecule has 4 atom stereocenters. The van der Waals surface area contributed by atoms with Crippen molar-refractivity contribution in [3.63, 3.8) is 0 Å². The average molecular weight is 781 g/mol. The van der Waals surface area contributed by atoms with Gasteiger partial charge in [-0.2, -0.15) is 18.2 Å². The highest BCUT2D eigenvalue weighted by Gasteiger charge is 2.58. The monoisotopic (exact) mass is 780 g/mol. The van der Waals surface area contributed by atoms with Gasteiger partial charge in [0.15, 0.2) is 23.5 Å². The van der Waals surface area contributed by atoms with E-state index in [0.29, 0.717) is 36.9 Å². The number of oxime groups is 1. The van der Waals surface area contributed by atoms with E-state index in [4.69, 9.17) is 31.3 Å². The third-order valence-corrected chi connectivity index (χ3v) is 9.98. The van der Waals surface area contributed by atoms with Crippen molar-refractivity contribution < 1.29 is 56.1 Å². The van der Waals surface area contributed by atoms with Crippen LogP contribution in [-0.2, 0) is 53.4 Å². The molecule has 288 valence electrons. The number of benzene rings is 1. The highest BCUT2D eigenvalue weighted by molar-refractivity contribution is 7.80. The summed E-state index contributed by atoms with van der Waals surface area (Å²) in [5.74, 6) is -3.05. The van der Waals surface area contributed by atoms with Gasteiger partial charge in [0.2, 0.25) is 6.20 Å². The number of rotatable bonds is 16. The lowest BCUT2D eigenvalue weighted by Crippen LogP contribution is -2.76. The predicted molar refractivity (Wildman–Crippen MR) is 187 cm³/mol. The van der Waals surface area contributed by atoms with Crippen LogP contribution in [0.15, 0.2) is 41.1 Å². The Bertz CT molecular complexity index is 2020. The Labute approximate surface area is 308 Å². The van der Waals surface area contributed by atoms with Gasteiger partial charge in [-0.3, -0.25) is 14.1 Å². The Kier molecular flexibility index (Phi) is 11.4. The number of nitrogens with two attached hydrogens (primary N) is 3. The quantitative estimate of drug-likeness (QED) is 0.0300. The van der Waals surface area contributed by atoms with Crippen LogP contribution in [0.1, 0.15) is 44.9 Å². The van der Waals surface area contributed by atoms with E-state index in [2.05, 4.69) is 19.7 Å². The fraction of sp³-hybridized carbons (Fsp3) is 0.484. The van der Waals surface area contributed by atoms with Crippen LogP contribution in [-0.4, -0.2) is 104 Å². The maximum Gasteiger partial charge on any atom is 0.418 e. The molecule has 1 fully saturated rings. The van der Waals surface area contributed by atoms with Crippen molar-refractivity contribution in [1.82, 2.24) is 20.0 Å². The number of aryl methyl sites for hydroxylation is 2. The van der Waals surface area contributed by atoms with Crippen molar-refractivity contribution in [2.45, 2.75) is 82.5 Å². The zero-order valence-corrected chi connectivity index (χ0v) is 30.7. The number of nitrogen functional groups attached to an aromatic ring is 1. The number of aromatic nitrogens is 3. The number of hydroxylamine groups is 2. The average Bonchev–Trinajstić information content (AvgIpc) is 3.72. The van der Waals surface area contributed by atoms with Gasteiger partial charge >= 0.3 is 16.4 Å². The van der Waals surface area contributed by atoms with Crippen LogP contribution in [0, 0.1) is 0 Å². The van der Waals surface area contributed by atoms with Crippen LogP contribution >= 0.6 is 11.3 Å². The fourth-order valence-electron chi connectivity index (χ4n) is 5.90. The minimum absolute atomic E-state index is 0.0518. The summed E-state index contributed by atoms with van der Waals surface area (Å²) in [4.78, 5) is 48.6. The van der Waals surface area contributed by atoms with Gasteiger partial charge in [-0.25, -0.2) is 9.78 Å². The molecule has 0 radical (unpaired) electrons. The van der Waals surface area contributed by atoms with Crippen molar-refractivity contribution in [3.8, 4) is 16.9 Å². The van der Waals surface area contributed by atoms with Crippen molar-refractivity contribution in [3.05, 3.63) is 47.2 Å². The summed E-state index contributed by atoms with van der Waals surface area (Å²) in [6, 6.07) is 4.14. The second-order valence-electron chi connectivity index (χ2n) is 13.2. The van der Waals surface area contributed by atoms with E-state index in [1.807, 2.05) is 33.9 Å². The number of aliphatic carboxylic acids is 1. The molecular formula is C31H42N9O11S2+. The van der Waals surface area contributed by atoms with E-state index in [9.17, 15) is 33.0 Å². The number of fused-ring (bicyclic) bond motifs is 1. The van der Waals surface area contributed by atoms with Gasteiger partial charge in [0.05, 0.1) is 23.4 Å². The number of β-lactam (4-membered cyclic amide) rings is 1. The molecule has 0 spiro atoms. The smallest absolute Gasteiger partial charge is 0.418 e. The van der Waals surface area contributed by atoms with Crippen LogP contribution in [0.2, 0.25) is 0 Å². The molecule has 5 rings (SSSR count). The number of anilines is 1. The number of nitrogens with one attached hydrogen (secondary N) is 1. The van der Waals surface area contributed by atoms with Crippen LogP contribution < -0.4 is 31.9 Å². The van der Waals surface area contributed by atoms with Crippen LogP contribution in [0.3, 0.4) is 0 Å². The standard InChI is InChI=1S/C31H41N9O11S2/c1-30(2)25(27(43)40(30)51-53(46,47)48)36-26(42)24(21-16-52-29(34)35-21)37-50-31(3,28(44)45)23-8-6-18-11-17(5-7-22(18)49-23)19-13-38(10-4-9-32)39(14-19)15-20(41)12-33/h5,7,11,13-14,16,20,23,25,41H,4,6,8-10,12,15,32-33H2,1-3H3,(H4-,34,35,36,42,44,45,46,47,48)/p+1/b37-24-/t20-,23+,25+,31-/m0/s1. The first-order chi connectivity index (χ1) is 24.9. The number of hydrogen-bond donors (Lipinski definition) is 7. The van der Waals surface area contributed by atoms with Crippen LogP contribution in [0.4, 0.5) is 5.13 Å². The first-order valence-electron chi connectivity index (χ1n) is 16.4. The van der Waals surface area contributed by atoms with Crippen molar-refractivity contribution in [1.29, 1.82) is 0 Å². The van der Waals surface area contributed by atoms with E-state index in [-0.39, 0.29) is 23.8 Å². The molecular weight excluding hydrogens is 739 g/mol. The molecule has 10 N–H and O–H groups in total. The number of thiazole rings is 1. The van der Waals surface area contributed by atoms with E-state index >= 15 is 0 Å². The summed E-state index contributed by atoms with van der Waals surface area (Å²) in [5, 5.41) is 28.6. The first-order valence-corrected chi connectivity index (χ1v) is 18.6. The molecule has 3 aromatic rings. The molecule has 0 unspecified atom stereocenters. The lowest BCUT2D eigenvalue weighted by molar-refractivity contribution is -0.775. The Hall–Kier alpha value is -4.71. The van der Waals surface area contributed by atoms with Crippen molar-refractivity contribution >= 4 is 50.4 Å². The molecule has 22 heteroatoms. The number of nitrogens with zero attached hydrogens (tertiary/aromatic N) is 5.